The van der Waals surface area contributed by atoms with E-state index < -0.39 is 0 Å². The van der Waals surface area contributed by atoms with Crippen LogP contribution in [0.1, 0.15) is 58.4 Å². The number of hydrogen-bond acceptors (Lipinski definition) is 3. The first kappa shape index (κ1) is 20.0. The molecule has 0 spiro atoms. The molecule has 1 aromatic rings. The lowest BCUT2D eigenvalue weighted by atomic mass is 9.98. The first-order valence-electron chi connectivity index (χ1n) is 8.12. The van der Waals surface area contributed by atoms with Gasteiger partial charge in [0.15, 0.2) is 5.96 Å². The van der Waals surface area contributed by atoms with Gasteiger partial charge in [-0.15, -0.1) is 24.0 Å². The number of pyridine rings is 1. The van der Waals surface area contributed by atoms with Crippen LogP contribution >= 0.6 is 24.0 Å². The van der Waals surface area contributed by atoms with E-state index in [1.54, 1.807) is 6.20 Å². The van der Waals surface area contributed by atoms with Gasteiger partial charge in [0, 0.05) is 17.8 Å². The van der Waals surface area contributed by atoms with E-state index >= 15 is 0 Å². The third kappa shape index (κ3) is 7.85. The lowest BCUT2D eigenvalue weighted by Gasteiger charge is -2.22. The monoisotopic (exact) mass is 432 g/mol. The molecule has 0 radical (unpaired) electrons. The molecule has 0 aromatic carbocycles. The van der Waals surface area contributed by atoms with Crippen molar-refractivity contribution in [1.29, 1.82) is 0 Å². The number of ether oxygens (including phenoxy) is 1. The summed E-state index contributed by atoms with van der Waals surface area (Å²) in [5.41, 5.74) is 6.86. The summed E-state index contributed by atoms with van der Waals surface area (Å²) in [6, 6.07) is 3.91. The number of nitrogens with zero attached hydrogens (tertiary/aromatic N) is 2. The molecule has 2 rings (SSSR count). The molecular weight excluding hydrogens is 403 g/mol. The molecule has 1 fully saturated rings. The Morgan fingerprint density at radius 1 is 1.35 bits per heavy atom. The zero-order chi connectivity index (χ0) is 16.0. The van der Waals surface area contributed by atoms with Gasteiger partial charge in [-0.1, -0.05) is 6.42 Å². The Hall–Kier alpha value is -1.05. The van der Waals surface area contributed by atoms with Crippen LogP contribution in [0.3, 0.4) is 0 Å². The summed E-state index contributed by atoms with van der Waals surface area (Å²) >= 11 is 0. The highest BCUT2D eigenvalue weighted by Crippen LogP contribution is 2.22. The van der Waals surface area contributed by atoms with Gasteiger partial charge in [0.25, 0.3) is 0 Å². The fraction of sp³-hybridized carbons (Fsp3) is 0.647. The van der Waals surface area contributed by atoms with Crippen molar-refractivity contribution in [3.8, 4) is 5.88 Å². The number of nitrogens with one attached hydrogen (secondary N) is 1. The van der Waals surface area contributed by atoms with Crippen molar-refractivity contribution in [1.82, 2.24) is 10.3 Å². The fourth-order valence-corrected chi connectivity index (χ4v) is 2.57. The van der Waals surface area contributed by atoms with E-state index in [1.807, 2.05) is 12.1 Å². The third-order valence-corrected chi connectivity index (χ3v) is 3.57. The van der Waals surface area contributed by atoms with Crippen LogP contribution in [0.4, 0.5) is 0 Å². The molecule has 130 valence electrons. The Morgan fingerprint density at radius 2 is 2.04 bits per heavy atom. The molecule has 1 saturated carbocycles. The average molecular weight is 432 g/mol. The molecule has 0 amide bonds. The van der Waals surface area contributed by atoms with Crippen LogP contribution < -0.4 is 15.8 Å². The molecule has 1 aromatic heterocycles. The van der Waals surface area contributed by atoms with Crippen LogP contribution in [0.2, 0.25) is 0 Å². The zero-order valence-electron chi connectivity index (χ0n) is 14.3. The molecular formula is C17H29IN4O. The van der Waals surface area contributed by atoms with E-state index in [9.17, 15) is 0 Å². The maximum absolute atomic E-state index is 5.98. The van der Waals surface area contributed by atoms with E-state index in [1.165, 1.54) is 19.3 Å². The second kappa shape index (κ2) is 9.30. The minimum absolute atomic E-state index is 0. The number of halogens is 1. The van der Waals surface area contributed by atoms with Crippen molar-refractivity contribution < 1.29 is 4.74 Å². The van der Waals surface area contributed by atoms with Crippen LogP contribution in [0, 0.1) is 0 Å². The predicted molar refractivity (Wildman–Crippen MR) is 105 cm³/mol. The normalized spacial score (nSPS) is 16.6. The topological polar surface area (TPSA) is 72.5 Å². The van der Waals surface area contributed by atoms with Gasteiger partial charge in [-0.05, 0) is 58.1 Å². The molecule has 1 heterocycles. The second-order valence-corrected chi connectivity index (χ2v) is 6.96. The Bertz CT molecular complexity index is 508. The Balaban J connectivity index is 0.00000264. The van der Waals surface area contributed by atoms with E-state index in [-0.39, 0.29) is 29.5 Å². The van der Waals surface area contributed by atoms with Crippen molar-refractivity contribution in [3.05, 3.63) is 23.9 Å². The van der Waals surface area contributed by atoms with E-state index in [4.69, 9.17) is 10.5 Å². The van der Waals surface area contributed by atoms with Crippen LogP contribution in [0.15, 0.2) is 23.3 Å². The number of nitrogens with two attached hydrogens (primary N) is 1. The van der Waals surface area contributed by atoms with Crippen molar-refractivity contribution in [2.45, 2.75) is 71.1 Å². The van der Waals surface area contributed by atoms with Gasteiger partial charge in [-0.25, -0.2) is 9.98 Å². The highest BCUT2D eigenvalue weighted by molar-refractivity contribution is 14.0. The first-order valence-corrected chi connectivity index (χ1v) is 8.12. The number of hydrogen-bond donors (Lipinski definition) is 2. The summed E-state index contributed by atoms with van der Waals surface area (Å²) in [7, 11) is 0. The van der Waals surface area contributed by atoms with Crippen molar-refractivity contribution >= 4 is 29.9 Å². The summed E-state index contributed by atoms with van der Waals surface area (Å²) < 4.78 is 5.98. The van der Waals surface area contributed by atoms with Gasteiger partial charge in [-0.3, -0.25) is 0 Å². The smallest absolute Gasteiger partial charge is 0.213 e. The van der Waals surface area contributed by atoms with Gasteiger partial charge in [0.2, 0.25) is 5.88 Å². The quantitative estimate of drug-likeness (QED) is 0.433. The van der Waals surface area contributed by atoms with Gasteiger partial charge in [0.1, 0.15) is 6.10 Å². The maximum Gasteiger partial charge on any atom is 0.213 e. The molecule has 3 N–H and O–H groups in total. The SMILES string of the molecule is CC(C)(C)NC(N)=NCc1ccnc(OC2CCCCC2)c1.I. The Morgan fingerprint density at radius 3 is 2.70 bits per heavy atom. The standard InChI is InChI=1S/C17H28N4O.HI/c1-17(2,3)21-16(18)20-12-13-9-10-19-15(11-13)22-14-7-5-4-6-8-14;/h9-11,14H,4-8,12H2,1-3H3,(H3,18,20,21);1H. The predicted octanol–water partition coefficient (Wildman–Crippen LogP) is 3.61. The minimum Gasteiger partial charge on any atom is -0.474 e. The summed E-state index contributed by atoms with van der Waals surface area (Å²) in [6.07, 6.45) is 8.18. The fourth-order valence-electron chi connectivity index (χ4n) is 2.57. The molecule has 1 aliphatic carbocycles. The zero-order valence-corrected chi connectivity index (χ0v) is 16.7. The largest absolute Gasteiger partial charge is 0.474 e. The number of guanidine groups is 1. The van der Waals surface area contributed by atoms with E-state index in [2.05, 4.69) is 36.1 Å². The van der Waals surface area contributed by atoms with Crippen LogP contribution in [0.5, 0.6) is 5.88 Å². The number of aliphatic imine (C=N–C) groups is 1. The summed E-state index contributed by atoms with van der Waals surface area (Å²) in [6.45, 7) is 6.69. The Kier molecular flexibility index (Phi) is 8.08. The number of rotatable bonds is 4. The highest BCUT2D eigenvalue weighted by atomic mass is 127. The molecule has 6 heteroatoms. The van der Waals surface area contributed by atoms with Crippen LogP contribution in [0.25, 0.3) is 0 Å². The van der Waals surface area contributed by atoms with Gasteiger partial charge >= 0.3 is 0 Å². The molecule has 5 nitrogen and oxygen atoms in total. The lowest BCUT2D eigenvalue weighted by Crippen LogP contribution is -2.44. The van der Waals surface area contributed by atoms with Crippen LogP contribution in [-0.2, 0) is 6.54 Å². The van der Waals surface area contributed by atoms with Crippen molar-refractivity contribution in [3.63, 3.8) is 0 Å². The molecule has 0 aliphatic heterocycles. The molecule has 0 saturated heterocycles. The lowest BCUT2D eigenvalue weighted by molar-refractivity contribution is 0.148. The molecule has 0 unspecified atom stereocenters. The summed E-state index contributed by atoms with van der Waals surface area (Å²) in [4.78, 5) is 8.67. The van der Waals surface area contributed by atoms with Gasteiger partial charge in [0.05, 0.1) is 6.54 Å². The molecule has 0 atom stereocenters. The third-order valence-electron chi connectivity index (χ3n) is 3.57. The van der Waals surface area contributed by atoms with Gasteiger partial charge in [-0.2, -0.15) is 0 Å². The van der Waals surface area contributed by atoms with E-state index in [0.717, 1.165) is 18.4 Å². The van der Waals surface area contributed by atoms with Gasteiger partial charge < -0.3 is 15.8 Å². The summed E-state index contributed by atoms with van der Waals surface area (Å²) in [5.74, 6) is 1.15. The minimum atomic E-state index is -0.0823. The second-order valence-electron chi connectivity index (χ2n) is 6.96. The van der Waals surface area contributed by atoms with Crippen molar-refractivity contribution in [2.75, 3.05) is 0 Å². The van der Waals surface area contributed by atoms with E-state index in [0.29, 0.717) is 24.5 Å². The maximum atomic E-state index is 5.98. The van der Waals surface area contributed by atoms with Crippen molar-refractivity contribution in [2.24, 2.45) is 10.7 Å². The molecule has 23 heavy (non-hydrogen) atoms. The highest BCUT2D eigenvalue weighted by Gasteiger charge is 2.15. The molecule has 0 bridgehead atoms. The number of aromatic nitrogens is 1. The van der Waals surface area contributed by atoms with Crippen LogP contribution in [-0.4, -0.2) is 22.6 Å². The molecule has 1 aliphatic rings. The first-order chi connectivity index (χ1) is 10.4. The average Bonchev–Trinajstić information content (AvgIpc) is 2.45. The summed E-state index contributed by atoms with van der Waals surface area (Å²) in [5, 5.41) is 3.15. The Labute approximate surface area is 156 Å².